The molecule has 2 unspecified atom stereocenters. The Balaban J connectivity index is 5.18. The highest BCUT2D eigenvalue weighted by Crippen LogP contribution is 2.45. The number of carbonyl (C=O) groups excluding carboxylic acids is 4. The fourth-order valence-electron chi connectivity index (χ4n) is 12.0. The zero-order valence-corrected chi connectivity index (χ0v) is 65.2. The third-order valence-corrected chi connectivity index (χ3v) is 20.1. The molecule has 19 heteroatoms. The maximum Gasteiger partial charge on any atom is 0.472 e. The van der Waals surface area contributed by atoms with Crippen LogP contribution in [-0.2, 0) is 65.4 Å². The molecule has 0 aliphatic carbocycles. The summed E-state index contributed by atoms with van der Waals surface area (Å²) in [5.74, 6) is -0.523. The minimum absolute atomic E-state index is 0.108. The van der Waals surface area contributed by atoms with E-state index >= 15 is 0 Å². The van der Waals surface area contributed by atoms with Crippen LogP contribution in [0.15, 0.2) is 0 Å². The number of aliphatic hydroxyl groups excluding tert-OH is 1. The monoisotopic (exact) mass is 1420 g/mol. The number of unbranched alkanes of at least 4 members (excludes halogenated alkanes) is 47. The van der Waals surface area contributed by atoms with Gasteiger partial charge in [-0.3, -0.25) is 37.3 Å². The zero-order valence-electron chi connectivity index (χ0n) is 63.4. The lowest BCUT2D eigenvalue weighted by molar-refractivity contribution is -0.161. The van der Waals surface area contributed by atoms with Crippen LogP contribution in [-0.4, -0.2) is 96.7 Å². The first-order valence-electron chi connectivity index (χ1n) is 40.5. The fourth-order valence-corrected chi connectivity index (χ4v) is 13.6. The van der Waals surface area contributed by atoms with Crippen molar-refractivity contribution in [2.45, 2.75) is 426 Å². The van der Waals surface area contributed by atoms with E-state index < -0.39 is 97.5 Å². The second-order valence-corrected chi connectivity index (χ2v) is 32.0. The van der Waals surface area contributed by atoms with Crippen molar-refractivity contribution < 1.29 is 80.2 Å². The highest BCUT2D eigenvalue weighted by Gasteiger charge is 2.30. The summed E-state index contributed by atoms with van der Waals surface area (Å²) in [6, 6.07) is 0. The highest BCUT2D eigenvalue weighted by molar-refractivity contribution is 7.47. The Bertz CT molecular complexity index is 1870. The molecule has 0 fully saturated rings. The number of hydrogen-bond donors (Lipinski definition) is 3. The highest BCUT2D eigenvalue weighted by atomic mass is 31.2. The van der Waals surface area contributed by atoms with E-state index in [1.807, 2.05) is 0 Å². The first kappa shape index (κ1) is 95.1. The lowest BCUT2D eigenvalue weighted by Crippen LogP contribution is -2.30. The van der Waals surface area contributed by atoms with Gasteiger partial charge in [-0.05, 0) is 37.5 Å². The molecule has 3 N–H and O–H groups in total. The molecule has 0 aromatic heterocycles. The molecular formula is C78H152O17P2. The summed E-state index contributed by atoms with van der Waals surface area (Å²) < 4.78 is 68.5. The van der Waals surface area contributed by atoms with Gasteiger partial charge in [-0.2, -0.15) is 0 Å². The molecule has 5 atom stereocenters. The maximum atomic E-state index is 13.1. The van der Waals surface area contributed by atoms with E-state index in [2.05, 4.69) is 41.5 Å². The lowest BCUT2D eigenvalue weighted by Gasteiger charge is -2.21. The van der Waals surface area contributed by atoms with Crippen LogP contribution in [0.4, 0.5) is 0 Å². The lowest BCUT2D eigenvalue weighted by atomic mass is 10.0. The Hall–Kier alpha value is -1.94. The van der Waals surface area contributed by atoms with Crippen LogP contribution in [0.25, 0.3) is 0 Å². The third-order valence-electron chi connectivity index (χ3n) is 18.2. The van der Waals surface area contributed by atoms with Gasteiger partial charge in [0.1, 0.15) is 19.3 Å². The Morgan fingerprint density at radius 1 is 0.278 bits per heavy atom. The van der Waals surface area contributed by atoms with Gasteiger partial charge in [0.2, 0.25) is 0 Å². The van der Waals surface area contributed by atoms with E-state index in [9.17, 15) is 43.2 Å². The molecular weight excluding hydrogens is 1270 g/mol. The number of phosphoric acid groups is 2. The summed E-state index contributed by atoms with van der Waals surface area (Å²) in [6.45, 7) is 9.63. The molecule has 0 aliphatic heterocycles. The minimum Gasteiger partial charge on any atom is -0.462 e. The second kappa shape index (κ2) is 69.8. The number of carbonyl (C=O) groups is 4. The van der Waals surface area contributed by atoms with Crippen LogP contribution < -0.4 is 0 Å². The number of aliphatic hydroxyl groups is 1. The molecule has 0 heterocycles. The number of phosphoric ester groups is 2. The average molecular weight is 1420 g/mol. The summed E-state index contributed by atoms with van der Waals surface area (Å²) in [7, 11) is -9.91. The normalized spacial score (nSPS) is 14.0. The molecule has 0 aromatic carbocycles. The van der Waals surface area contributed by atoms with Gasteiger partial charge in [0.25, 0.3) is 0 Å². The van der Waals surface area contributed by atoms with Gasteiger partial charge in [0.05, 0.1) is 26.4 Å². The Labute approximate surface area is 594 Å². The van der Waals surface area contributed by atoms with E-state index in [0.29, 0.717) is 25.7 Å². The summed E-state index contributed by atoms with van der Waals surface area (Å²) in [5, 5.41) is 10.6. The summed E-state index contributed by atoms with van der Waals surface area (Å²) in [5.41, 5.74) is 0. The quantitative estimate of drug-likeness (QED) is 0.0222. The number of ether oxygens (including phenoxy) is 4. The molecule has 0 amide bonds. The maximum absolute atomic E-state index is 13.1. The molecule has 576 valence electrons. The number of rotatable bonds is 77. The SMILES string of the molecule is CCCCCCCCCCCCCCCCC(=O)O[C@H](COC(=O)CCCCCCCCCC)COP(=O)(O)OC[C@H](O)COP(=O)(O)OC[C@@H](COC(=O)CCCCCCCCCCCCCC(C)C)OC(=O)CCCCCCCCCCCCCCCCCCCCC(C)C. The fraction of sp³-hybridized carbons (Fsp3) is 0.949. The van der Waals surface area contributed by atoms with E-state index in [1.54, 1.807) is 0 Å². The van der Waals surface area contributed by atoms with Crippen molar-refractivity contribution in [1.29, 1.82) is 0 Å². The van der Waals surface area contributed by atoms with Crippen molar-refractivity contribution >= 4 is 39.5 Å². The molecule has 97 heavy (non-hydrogen) atoms. The Morgan fingerprint density at radius 2 is 0.474 bits per heavy atom. The van der Waals surface area contributed by atoms with E-state index in [0.717, 1.165) is 108 Å². The van der Waals surface area contributed by atoms with Crippen molar-refractivity contribution in [2.75, 3.05) is 39.6 Å². The van der Waals surface area contributed by atoms with Crippen molar-refractivity contribution in [3.63, 3.8) is 0 Å². The van der Waals surface area contributed by atoms with E-state index in [1.165, 1.54) is 218 Å². The van der Waals surface area contributed by atoms with Crippen LogP contribution in [0.1, 0.15) is 408 Å². The molecule has 0 aromatic rings. The molecule has 17 nitrogen and oxygen atoms in total. The van der Waals surface area contributed by atoms with E-state index in [4.69, 9.17) is 37.0 Å². The first-order valence-corrected chi connectivity index (χ1v) is 43.5. The van der Waals surface area contributed by atoms with Crippen LogP contribution in [0.3, 0.4) is 0 Å². The summed E-state index contributed by atoms with van der Waals surface area (Å²) in [4.78, 5) is 72.8. The van der Waals surface area contributed by atoms with Crippen LogP contribution in [0, 0.1) is 11.8 Å². The van der Waals surface area contributed by atoms with Crippen molar-refractivity contribution in [1.82, 2.24) is 0 Å². The molecule has 0 saturated carbocycles. The number of esters is 4. The van der Waals surface area contributed by atoms with Gasteiger partial charge >= 0.3 is 39.5 Å². The zero-order chi connectivity index (χ0) is 71.4. The topological polar surface area (TPSA) is 237 Å². The predicted octanol–water partition coefficient (Wildman–Crippen LogP) is 23.1. The molecule has 0 saturated heterocycles. The Morgan fingerprint density at radius 3 is 0.701 bits per heavy atom. The van der Waals surface area contributed by atoms with E-state index in [-0.39, 0.29) is 25.7 Å². The Kier molecular flexibility index (Phi) is 68.4. The first-order chi connectivity index (χ1) is 46.9. The van der Waals surface area contributed by atoms with Crippen molar-refractivity contribution in [2.24, 2.45) is 11.8 Å². The standard InChI is InChI=1S/C78H152O17P2/c1-7-9-11-13-15-17-18-19-27-32-38-44-50-56-62-77(82)94-73(66-88-75(80)60-54-48-42-16-14-12-10-8-2)68-92-96(84,85)90-64-72(79)65-91-97(86,87)93-69-74(67-89-76(81)61-55-49-43-37-34-29-31-36-41-47-53-59-71(5)6)95-78(83)63-57-51-45-39-33-28-25-23-21-20-22-24-26-30-35-40-46-52-58-70(3)4/h70-74,79H,7-69H2,1-6H3,(H,84,85)(H,86,87)/t72-,73+,74+/m0/s1. The number of hydrogen-bond acceptors (Lipinski definition) is 15. The minimum atomic E-state index is -4.96. The van der Waals surface area contributed by atoms with Crippen molar-refractivity contribution in [3.05, 3.63) is 0 Å². The molecule has 0 bridgehead atoms. The van der Waals surface area contributed by atoms with Gasteiger partial charge in [0, 0.05) is 25.7 Å². The molecule has 0 spiro atoms. The largest absolute Gasteiger partial charge is 0.472 e. The van der Waals surface area contributed by atoms with Gasteiger partial charge in [-0.25, -0.2) is 9.13 Å². The summed E-state index contributed by atoms with van der Waals surface area (Å²) >= 11 is 0. The third kappa shape index (κ3) is 72.2. The molecule has 0 aliphatic rings. The summed E-state index contributed by atoms with van der Waals surface area (Å²) in [6.07, 6.45) is 58.3. The van der Waals surface area contributed by atoms with Gasteiger partial charge < -0.3 is 33.8 Å². The smallest absolute Gasteiger partial charge is 0.462 e. The average Bonchev–Trinajstić information content (AvgIpc) is 1.46. The van der Waals surface area contributed by atoms with Gasteiger partial charge in [-0.15, -0.1) is 0 Å². The second-order valence-electron chi connectivity index (χ2n) is 29.1. The van der Waals surface area contributed by atoms with Crippen molar-refractivity contribution in [3.8, 4) is 0 Å². The predicted molar refractivity (Wildman–Crippen MR) is 395 cm³/mol. The van der Waals surface area contributed by atoms with Crippen LogP contribution in [0.2, 0.25) is 0 Å². The molecule has 0 radical (unpaired) electrons. The van der Waals surface area contributed by atoms with Crippen LogP contribution >= 0.6 is 15.6 Å². The van der Waals surface area contributed by atoms with Crippen LogP contribution in [0.5, 0.6) is 0 Å². The molecule has 0 rings (SSSR count). The van der Waals surface area contributed by atoms with Gasteiger partial charge in [0.15, 0.2) is 12.2 Å². The van der Waals surface area contributed by atoms with Gasteiger partial charge in [-0.1, -0.05) is 356 Å².